The van der Waals surface area contributed by atoms with Crippen LogP contribution in [0, 0.1) is 5.92 Å². The number of fused-ring (bicyclic) bond motifs is 1. The smallest absolute Gasteiger partial charge is 0.268 e. The lowest BCUT2D eigenvalue weighted by Crippen LogP contribution is -2.38. The van der Waals surface area contributed by atoms with Gasteiger partial charge in [0.15, 0.2) is 5.75 Å². The number of nitrogens with two attached hydrogens (primary N) is 1. The fourth-order valence-electron chi connectivity index (χ4n) is 3.52. The van der Waals surface area contributed by atoms with Crippen LogP contribution < -0.4 is 21.5 Å². The van der Waals surface area contributed by atoms with E-state index in [-0.39, 0.29) is 18.0 Å². The molecule has 1 atom stereocenters. The minimum absolute atomic E-state index is 0.0193. The van der Waals surface area contributed by atoms with Crippen LogP contribution in [0.3, 0.4) is 0 Å². The molecule has 2 aromatic carbocycles. The Hall–Kier alpha value is -2.58. The quantitative estimate of drug-likeness (QED) is 0.527. The Morgan fingerprint density at radius 3 is 2.36 bits per heavy atom. The average Bonchev–Trinajstić information content (AvgIpc) is 2.89. The maximum absolute atomic E-state index is 11.8. The lowest BCUT2D eigenvalue weighted by molar-refractivity contribution is -0.116. The van der Waals surface area contributed by atoms with Crippen LogP contribution in [0.1, 0.15) is 31.9 Å². The molecule has 150 valence electrons. The number of hydrogen-bond acceptors (Lipinski definition) is 7. The number of benzene rings is 1. The Kier molecular flexibility index (Phi) is 6.36. The molecular formula is C20H24N2O5S. The van der Waals surface area contributed by atoms with Gasteiger partial charge < -0.3 is 20.3 Å². The van der Waals surface area contributed by atoms with Gasteiger partial charge in [0.2, 0.25) is 11.3 Å². The summed E-state index contributed by atoms with van der Waals surface area (Å²) < 4.78 is 7.49. The predicted octanol–water partition coefficient (Wildman–Crippen LogP) is 2.07. The summed E-state index contributed by atoms with van der Waals surface area (Å²) in [5.74, 6) is -0.909. The molecule has 0 saturated carbocycles. The highest BCUT2D eigenvalue weighted by Gasteiger charge is 2.46. The van der Waals surface area contributed by atoms with Crippen molar-refractivity contribution in [3.63, 3.8) is 0 Å². The fraction of sp³-hybridized carbons (Fsp3) is 0.350. The number of carbonyl (C=O) groups is 1. The average molecular weight is 404 g/mol. The second kappa shape index (κ2) is 8.20. The molecule has 1 aliphatic rings. The van der Waals surface area contributed by atoms with E-state index in [1.54, 1.807) is 11.2 Å². The molecule has 2 aromatic rings. The number of allylic oxidation sites excluding steroid dienone is 1. The highest BCUT2D eigenvalue weighted by Crippen LogP contribution is 2.52. The molecule has 28 heavy (non-hydrogen) atoms. The number of amides is 1. The van der Waals surface area contributed by atoms with E-state index in [2.05, 4.69) is 0 Å². The van der Waals surface area contributed by atoms with Crippen molar-refractivity contribution in [1.82, 2.24) is 0 Å². The second-order valence-electron chi connectivity index (χ2n) is 7.06. The van der Waals surface area contributed by atoms with Crippen LogP contribution in [-0.4, -0.2) is 28.4 Å². The van der Waals surface area contributed by atoms with Gasteiger partial charge in [0.1, 0.15) is 6.54 Å². The molecule has 4 N–H and O–H groups in total. The summed E-state index contributed by atoms with van der Waals surface area (Å²) in [6, 6.07) is 7.65. The largest absolute Gasteiger partial charge is 0.504 e. The van der Waals surface area contributed by atoms with E-state index in [0.717, 1.165) is 23.3 Å². The second-order valence-corrected chi connectivity index (χ2v) is 7.42. The number of primary amides is 1. The minimum Gasteiger partial charge on any atom is -0.504 e. The third kappa shape index (κ3) is 3.45. The number of aromatic hydroxyl groups is 1. The van der Waals surface area contributed by atoms with Crippen molar-refractivity contribution >= 4 is 29.7 Å². The summed E-state index contributed by atoms with van der Waals surface area (Å²) in [6.07, 6.45) is 3.11. The Balaban J connectivity index is 0.000000878. The van der Waals surface area contributed by atoms with Crippen LogP contribution in [0.5, 0.6) is 5.75 Å². The van der Waals surface area contributed by atoms with Gasteiger partial charge in [-0.2, -0.15) is 0 Å². The van der Waals surface area contributed by atoms with Crippen LogP contribution in [0.25, 0.3) is 6.08 Å². The number of para-hydroxylation sites is 1. The van der Waals surface area contributed by atoms with Crippen LogP contribution in [-0.2, 0) is 10.2 Å². The van der Waals surface area contributed by atoms with Gasteiger partial charge in [0.25, 0.3) is 5.43 Å². The fourth-order valence-corrected chi connectivity index (χ4v) is 3.52. The molecule has 0 spiro atoms. The van der Waals surface area contributed by atoms with Gasteiger partial charge in [-0.15, -0.1) is 0 Å². The Morgan fingerprint density at radius 1 is 1.29 bits per heavy atom. The van der Waals surface area contributed by atoms with E-state index < -0.39 is 27.9 Å². The zero-order valence-corrected chi connectivity index (χ0v) is 17.0. The zero-order valence-electron chi connectivity index (χ0n) is 16.2. The van der Waals surface area contributed by atoms with E-state index in [1.165, 1.54) is 6.08 Å². The summed E-state index contributed by atoms with van der Waals surface area (Å²) in [7, 11) is 0. The molecule has 0 bridgehead atoms. The first kappa shape index (κ1) is 21.7. The van der Waals surface area contributed by atoms with Crippen LogP contribution in [0.4, 0.5) is 5.69 Å². The van der Waals surface area contributed by atoms with Crippen molar-refractivity contribution in [1.29, 1.82) is 0 Å². The SMILES string of the molecule is CC(C)C1(C)/C(=C/c2c(O)c(=O)c2=O)N(CC(N)=O)c2ccccc21.CSO. The molecule has 0 saturated heterocycles. The van der Waals surface area contributed by atoms with Crippen molar-refractivity contribution in [3.8, 4) is 5.75 Å². The third-order valence-electron chi connectivity index (χ3n) is 5.25. The number of anilines is 1. The Morgan fingerprint density at radius 2 is 1.86 bits per heavy atom. The van der Waals surface area contributed by atoms with E-state index >= 15 is 0 Å². The van der Waals surface area contributed by atoms with Crippen molar-refractivity contribution in [2.45, 2.75) is 26.2 Å². The Labute approximate surface area is 167 Å². The molecule has 0 aromatic heterocycles. The maximum atomic E-state index is 11.8. The molecule has 0 aliphatic carbocycles. The summed E-state index contributed by atoms with van der Waals surface area (Å²) >= 11 is 0.750. The number of rotatable bonds is 4. The molecule has 0 radical (unpaired) electrons. The van der Waals surface area contributed by atoms with Crippen molar-refractivity contribution in [3.05, 3.63) is 61.5 Å². The van der Waals surface area contributed by atoms with Gasteiger partial charge in [0, 0.05) is 23.1 Å². The normalized spacial score (nSPS) is 19.6. The highest BCUT2D eigenvalue weighted by molar-refractivity contribution is 7.93. The molecule has 1 unspecified atom stereocenters. The van der Waals surface area contributed by atoms with E-state index in [4.69, 9.17) is 10.3 Å². The first-order valence-electron chi connectivity index (χ1n) is 8.68. The van der Waals surface area contributed by atoms with Gasteiger partial charge in [-0.05, 0) is 42.6 Å². The van der Waals surface area contributed by atoms with Crippen LogP contribution in [0.15, 0.2) is 39.6 Å². The van der Waals surface area contributed by atoms with E-state index in [0.29, 0.717) is 5.70 Å². The van der Waals surface area contributed by atoms with Crippen LogP contribution in [0.2, 0.25) is 0 Å². The van der Waals surface area contributed by atoms with Crippen LogP contribution >= 0.6 is 12.0 Å². The minimum atomic E-state index is -0.880. The molecule has 7 nitrogen and oxygen atoms in total. The van der Waals surface area contributed by atoms with Crippen molar-refractivity contribution in [2.24, 2.45) is 11.7 Å². The highest BCUT2D eigenvalue weighted by atomic mass is 32.2. The summed E-state index contributed by atoms with van der Waals surface area (Å²) in [5.41, 5.74) is 5.82. The van der Waals surface area contributed by atoms with Gasteiger partial charge in [0.05, 0.1) is 5.56 Å². The lowest BCUT2D eigenvalue weighted by atomic mass is 9.72. The molecule has 1 aliphatic heterocycles. The predicted molar refractivity (Wildman–Crippen MR) is 112 cm³/mol. The van der Waals surface area contributed by atoms with Gasteiger partial charge in [-0.3, -0.25) is 14.4 Å². The molecule has 1 heterocycles. The van der Waals surface area contributed by atoms with Gasteiger partial charge in [-0.1, -0.05) is 32.0 Å². The topological polar surface area (TPSA) is 121 Å². The number of nitrogens with zero attached hydrogens (tertiary/aromatic N) is 1. The first-order chi connectivity index (χ1) is 13.1. The monoisotopic (exact) mass is 404 g/mol. The molecule has 1 amide bonds. The summed E-state index contributed by atoms with van der Waals surface area (Å²) in [4.78, 5) is 36.5. The maximum Gasteiger partial charge on any atom is 0.268 e. The number of hydrogen-bond donors (Lipinski definition) is 3. The molecular weight excluding hydrogens is 380 g/mol. The third-order valence-corrected chi connectivity index (χ3v) is 5.25. The standard InChI is InChI=1S/C19H20N2O4.CH4OS/c1-10(2)19(3)12-6-4-5-7-13(12)21(9-15(20)22)14(19)8-11-16(23)18(25)17(11)24;1-3-2/h4-8,10,23H,9H2,1-3H3,(H2,20,22);2H,1H3/b14-8-;. The lowest BCUT2D eigenvalue weighted by Gasteiger charge is -2.33. The zero-order chi connectivity index (χ0) is 21.2. The summed E-state index contributed by atoms with van der Waals surface area (Å²) in [5, 5.41) is 9.76. The van der Waals surface area contributed by atoms with Crippen molar-refractivity contribution in [2.75, 3.05) is 17.7 Å². The molecule has 8 heteroatoms. The molecule has 0 fully saturated rings. The van der Waals surface area contributed by atoms with Gasteiger partial charge in [-0.25, -0.2) is 0 Å². The Bertz CT molecular complexity index is 991. The first-order valence-corrected chi connectivity index (χ1v) is 9.86. The molecule has 3 rings (SSSR count). The summed E-state index contributed by atoms with van der Waals surface area (Å²) in [6.45, 7) is 6.05. The van der Waals surface area contributed by atoms with Gasteiger partial charge >= 0.3 is 0 Å². The van der Waals surface area contributed by atoms with Crippen molar-refractivity contribution < 1.29 is 14.5 Å². The van der Waals surface area contributed by atoms with E-state index in [9.17, 15) is 19.5 Å². The number of carbonyl (C=O) groups excluding carboxylic acids is 1. The van der Waals surface area contributed by atoms with E-state index in [1.807, 2.05) is 45.0 Å².